The summed E-state index contributed by atoms with van der Waals surface area (Å²) < 4.78 is 26.5. The zero-order valence-corrected chi connectivity index (χ0v) is 18.6. The minimum atomic E-state index is -0.631. The van der Waals surface area contributed by atoms with Gasteiger partial charge in [0.2, 0.25) is 0 Å². The first-order valence-electron chi connectivity index (χ1n) is 10.1. The van der Waals surface area contributed by atoms with Gasteiger partial charge in [-0.2, -0.15) is 5.26 Å². The van der Waals surface area contributed by atoms with Crippen LogP contribution in [0, 0.1) is 11.3 Å². The molecule has 1 heterocycles. The smallest absolute Gasteiger partial charge is 0.343 e. The molecule has 0 radical (unpaired) electrons. The average Bonchev–Trinajstić information content (AvgIpc) is 2.87. The highest BCUT2D eigenvalue weighted by molar-refractivity contribution is 6.01. The highest BCUT2D eigenvalue weighted by Crippen LogP contribution is 2.31. The summed E-state index contributed by atoms with van der Waals surface area (Å²) in [7, 11) is 4.40. The number of nitrogens with zero attached hydrogens (tertiary/aromatic N) is 2. The average molecular weight is 452 g/mol. The summed E-state index contributed by atoms with van der Waals surface area (Å²) in [5.41, 5.74) is 0.778. The van der Waals surface area contributed by atoms with Crippen LogP contribution in [0.5, 0.6) is 23.0 Å². The van der Waals surface area contributed by atoms with Crippen molar-refractivity contribution in [2.45, 2.75) is 0 Å². The molecule has 0 aliphatic carbocycles. The standard InChI is InChI=1S/C24H24N2O7/c1-29-19-12-17(13-20(14-19)30-2)24(28)33-21-5-4-16(11-22(21)31-3)10-18(15-25)23(27)26-6-8-32-9-7-26/h4-5,10-14H,6-9H2,1-3H3/b18-10+. The van der Waals surface area contributed by atoms with Gasteiger partial charge < -0.3 is 28.6 Å². The molecule has 1 aliphatic heterocycles. The van der Waals surface area contributed by atoms with Crippen molar-refractivity contribution in [2.24, 2.45) is 0 Å². The molecule has 0 unspecified atom stereocenters. The number of carbonyl (C=O) groups is 2. The number of benzene rings is 2. The van der Waals surface area contributed by atoms with Crippen molar-refractivity contribution in [3.8, 4) is 29.1 Å². The molecule has 33 heavy (non-hydrogen) atoms. The summed E-state index contributed by atoms with van der Waals surface area (Å²) in [5, 5.41) is 9.48. The molecule has 3 rings (SSSR count). The van der Waals surface area contributed by atoms with Gasteiger partial charge in [0.05, 0.1) is 40.1 Å². The molecule has 1 saturated heterocycles. The van der Waals surface area contributed by atoms with Crippen LogP contribution in [0.1, 0.15) is 15.9 Å². The molecular formula is C24H24N2O7. The lowest BCUT2D eigenvalue weighted by Crippen LogP contribution is -2.41. The number of ether oxygens (including phenoxy) is 5. The van der Waals surface area contributed by atoms with Gasteiger partial charge >= 0.3 is 5.97 Å². The van der Waals surface area contributed by atoms with Crippen LogP contribution in [0.2, 0.25) is 0 Å². The number of morpholine rings is 1. The third-order valence-corrected chi connectivity index (χ3v) is 4.94. The third-order valence-electron chi connectivity index (χ3n) is 4.94. The van der Waals surface area contributed by atoms with Gasteiger partial charge in [-0.15, -0.1) is 0 Å². The van der Waals surface area contributed by atoms with Crippen molar-refractivity contribution >= 4 is 18.0 Å². The zero-order chi connectivity index (χ0) is 23.8. The molecule has 0 saturated carbocycles. The molecule has 172 valence electrons. The van der Waals surface area contributed by atoms with E-state index in [4.69, 9.17) is 23.7 Å². The molecule has 9 nitrogen and oxygen atoms in total. The fraction of sp³-hybridized carbons (Fsp3) is 0.292. The predicted molar refractivity (Wildman–Crippen MR) is 118 cm³/mol. The number of nitriles is 1. The lowest BCUT2D eigenvalue weighted by Gasteiger charge is -2.26. The zero-order valence-electron chi connectivity index (χ0n) is 18.6. The first kappa shape index (κ1) is 23.6. The van der Waals surface area contributed by atoms with Crippen molar-refractivity contribution in [1.82, 2.24) is 4.90 Å². The maximum absolute atomic E-state index is 12.7. The quantitative estimate of drug-likeness (QED) is 0.273. The summed E-state index contributed by atoms with van der Waals surface area (Å²) in [5.74, 6) is 0.351. The Morgan fingerprint density at radius 3 is 2.21 bits per heavy atom. The van der Waals surface area contributed by atoms with Crippen LogP contribution in [-0.2, 0) is 9.53 Å². The maximum Gasteiger partial charge on any atom is 0.343 e. The normalized spacial score (nSPS) is 13.6. The number of hydrogen-bond donors (Lipinski definition) is 0. The Morgan fingerprint density at radius 1 is 0.970 bits per heavy atom. The van der Waals surface area contributed by atoms with Gasteiger partial charge in [0.1, 0.15) is 23.1 Å². The van der Waals surface area contributed by atoms with Gasteiger partial charge in [0.25, 0.3) is 5.91 Å². The molecular weight excluding hydrogens is 428 g/mol. The number of carbonyl (C=O) groups excluding carboxylic acids is 2. The van der Waals surface area contributed by atoms with Gasteiger partial charge in [-0.3, -0.25) is 4.79 Å². The van der Waals surface area contributed by atoms with E-state index in [2.05, 4.69) is 0 Å². The van der Waals surface area contributed by atoms with E-state index in [-0.39, 0.29) is 28.5 Å². The molecule has 1 fully saturated rings. The topological polar surface area (TPSA) is 107 Å². The summed E-state index contributed by atoms with van der Waals surface area (Å²) in [6.45, 7) is 1.76. The van der Waals surface area contributed by atoms with E-state index >= 15 is 0 Å². The molecule has 2 aromatic rings. The molecule has 0 aromatic heterocycles. The SMILES string of the molecule is COc1cc(OC)cc(C(=O)Oc2ccc(/C=C(\C#N)C(=O)N3CCOCC3)cc2OC)c1. The minimum Gasteiger partial charge on any atom is -0.497 e. The molecule has 1 aliphatic rings. The number of rotatable bonds is 7. The second kappa shape index (κ2) is 11.0. The van der Waals surface area contributed by atoms with E-state index < -0.39 is 5.97 Å². The molecule has 0 bridgehead atoms. The molecule has 2 aromatic carbocycles. The first-order chi connectivity index (χ1) is 16.0. The van der Waals surface area contributed by atoms with Crippen molar-refractivity contribution in [3.63, 3.8) is 0 Å². The van der Waals surface area contributed by atoms with Crippen molar-refractivity contribution in [2.75, 3.05) is 47.6 Å². The Kier molecular flexibility index (Phi) is 7.89. The number of hydrogen-bond acceptors (Lipinski definition) is 8. The second-order valence-corrected chi connectivity index (χ2v) is 6.98. The Hall–Kier alpha value is -4.03. The fourth-order valence-electron chi connectivity index (χ4n) is 3.19. The fourth-order valence-corrected chi connectivity index (χ4v) is 3.19. The van der Waals surface area contributed by atoms with Crippen LogP contribution in [0.25, 0.3) is 6.08 Å². The second-order valence-electron chi connectivity index (χ2n) is 6.98. The summed E-state index contributed by atoms with van der Waals surface area (Å²) in [6, 6.07) is 11.4. The molecule has 1 amide bonds. The van der Waals surface area contributed by atoms with Crippen LogP contribution in [-0.4, -0.2) is 64.4 Å². The lowest BCUT2D eigenvalue weighted by atomic mass is 10.1. The number of methoxy groups -OCH3 is 3. The Morgan fingerprint density at radius 2 is 1.64 bits per heavy atom. The molecule has 0 atom stereocenters. The van der Waals surface area contributed by atoms with E-state index in [1.165, 1.54) is 45.6 Å². The highest BCUT2D eigenvalue weighted by atomic mass is 16.6. The Balaban J connectivity index is 1.82. The van der Waals surface area contributed by atoms with Gasteiger partial charge in [-0.05, 0) is 35.9 Å². The number of amides is 1. The molecule has 0 N–H and O–H groups in total. The van der Waals surface area contributed by atoms with E-state index in [0.29, 0.717) is 43.4 Å². The van der Waals surface area contributed by atoms with E-state index in [1.54, 1.807) is 23.1 Å². The monoisotopic (exact) mass is 452 g/mol. The summed E-state index contributed by atoms with van der Waals surface area (Å²) in [4.78, 5) is 26.9. The summed E-state index contributed by atoms with van der Waals surface area (Å²) in [6.07, 6.45) is 1.47. The van der Waals surface area contributed by atoms with E-state index in [0.717, 1.165) is 0 Å². The summed E-state index contributed by atoms with van der Waals surface area (Å²) >= 11 is 0. The van der Waals surface area contributed by atoms with Crippen molar-refractivity contribution < 1.29 is 33.3 Å². The lowest BCUT2D eigenvalue weighted by molar-refractivity contribution is -0.130. The number of esters is 1. The predicted octanol–water partition coefficient (Wildman–Crippen LogP) is 2.70. The minimum absolute atomic E-state index is 0.00725. The van der Waals surface area contributed by atoms with Gasteiger partial charge in [-0.25, -0.2) is 4.79 Å². The van der Waals surface area contributed by atoms with Crippen LogP contribution < -0.4 is 18.9 Å². The largest absolute Gasteiger partial charge is 0.497 e. The molecule has 9 heteroatoms. The van der Waals surface area contributed by atoms with E-state index in [9.17, 15) is 14.9 Å². The van der Waals surface area contributed by atoms with Gasteiger partial charge in [0.15, 0.2) is 11.5 Å². The maximum atomic E-state index is 12.7. The van der Waals surface area contributed by atoms with Gasteiger partial charge in [-0.1, -0.05) is 6.07 Å². The van der Waals surface area contributed by atoms with Crippen LogP contribution in [0.4, 0.5) is 0 Å². The molecule has 0 spiro atoms. The van der Waals surface area contributed by atoms with E-state index in [1.807, 2.05) is 6.07 Å². The van der Waals surface area contributed by atoms with Crippen molar-refractivity contribution in [1.29, 1.82) is 5.26 Å². The third kappa shape index (κ3) is 5.81. The first-order valence-corrected chi connectivity index (χ1v) is 10.1. The van der Waals surface area contributed by atoms with Crippen LogP contribution in [0.15, 0.2) is 42.0 Å². The van der Waals surface area contributed by atoms with Crippen LogP contribution in [0.3, 0.4) is 0 Å². The Bertz CT molecular complexity index is 1080. The Labute approximate surface area is 191 Å². The van der Waals surface area contributed by atoms with Crippen molar-refractivity contribution in [3.05, 3.63) is 53.1 Å². The highest BCUT2D eigenvalue weighted by Gasteiger charge is 2.21. The van der Waals surface area contributed by atoms with Gasteiger partial charge in [0, 0.05) is 19.2 Å². The van der Waals surface area contributed by atoms with Crippen LogP contribution >= 0.6 is 0 Å².